The van der Waals surface area contributed by atoms with Gasteiger partial charge in [-0.05, 0) is 44.0 Å². The molecule has 106 valence electrons. The first-order chi connectivity index (χ1) is 9.40. The quantitative estimate of drug-likeness (QED) is 0.914. The van der Waals surface area contributed by atoms with Gasteiger partial charge in [-0.3, -0.25) is 4.90 Å². The second kappa shape index (κ2) is 4.35. The van der Waals surface area contributed by atoms with Crippen molar-refractivity contribution in [2.75, 3.05) is 0 Å². The summed E-state index contributed by atoms with van der Waals surface area (Å²) in [5.74, 6) is -0.841. The molecule has 20 heavy (non-hydrogen) atoms. The monoisotopic (exact) mass is 272 g/mol. The number of carbonyl (C=O) groups is 1. The summed E-state index contributed by atoms with van der Waals surface area (Å²) in [7, 11) is 1.94. The fourth-order valence-electron chi connectivity index (χ4n) is 3.12. The first-order valence-corrected chi connectivity index (χ1v) is 6.98. The minimum Gasteiger partial charge on any atom is -0.478 e. The van der Waals surface area contributed by atoms with Crippen LogP contribution >= 0.6 is 0 Å². The standard InChI is InChI=1S/C16H20N2O2/c1-9(2)18-7-11-5-13-14(6-12(11)8-18)17(4)10(3)15(13)16(19)20/h5-6,9H,7-8H2,1-4H3,(H,19,20). The van der Waals surface area contributed by atoms with Gasteiger partial charge in [-0.1, -0.05) is 0 Å². The molecule has 0 radical (unpaired) electrons. The van der Waals surface area contributed by atoms with Crippen molar-refractivity contribution in [3.8, 4) is 0 Å². The van der Waals surface area contributed by atoms with E-state index in [0.717, 1.165) is 29.7 Å². The molecule has 3 rings (SSSR count). The Morgan fingerprint density at radius 2 is 1.85 bits per heavy atom. The van der Waals surface area contributed by atoms with E-state index in [1.165, 1.54) is 11.1 Å². The van der Waals surface area contributed by atoms with E-state index in [9.17, 15) is 9.90 Å². The number of benzene rings is 1. The van der Waals surface area contributed by atoms with Crippen LogP contribution in [0.25, 0.3) is 10.9 Å². The largest absolute Gasteiger partial charge is 0.478 e. The van der Waals surface area contributed by atoms with Crippen molar-refractivity contribution in [2.45, 2.75) is 39.9 Å². The Labute approximate surface area is 118 Å². The zero-order valence-electron chi connectivity index (χ0n) is 12.4. The topological polar surface area (TPSA) is 45.5 Å². The third kappa shape index (κ3) is 1.75. The molecule has 0 spiro atoms. The number of rotatable bonds is 2. The third-order valence-electron chi connectivity index (χ3n) is 4.50. The molecule has 0 saturated carbocycles. The third-order valence-corrected chi connectivity index (χ3v) is 4.50. The normalized spacial score (nSPS) is 15.2. The van der Waals surface area contributed by atoms with Crippen LogP contribution in [0.2, 0.25) is 0 Å². The minimum atomic E-state index is -0.841. The number of hydrogen-bond donors (Lipinski definition) is 1. The molecule has 1 N–H and O–H groups in total. The van der Waals surface area contributed by atoms with Gasteiger partial charge in [-0.2, -0.15) is 0 Å². The molecule has 2 heterocycles. The molecule has 1 aromatic carbocycles. The number of carboxylic acid groups (broad SMARTS) is 1. The molecule has 0 unspecified atom stereocenters. The van der Waals surface area contributed by atoms with Crippen LogP contribution in [0.4, 0.5) is 0 Å². The average Bonchev–Trinajstić information content (AvgIpc) is 2.88. The highest BCUT2D eigenvalue weighted by molar-refractivity contribution is 6.05. The van der Waals surface area contributed by atoms with E-state index in [-0.39, 0.29) is 0 Å². The molecule has 1 aliphatic heterocycles. The Hall–Kier alpha value is -1.81. The van der Waals surface area contributed by atoms with Gasteiger partial charge in [0.15, 0.2) is 0 Å². The number of fused-ring (bicyclic) bond motifs is 2. The minimum absolute atomic E-state index is 0.438. The molecule has 4 heteroatoms. The predicted molar refractivity (Wildman–Crippen MR) is 79.0 cm³/mol. The van der Waals surface area contributed by atoms with E-state index in [2.05, 4.69) is 30.9 Å². The second-order valence-electron chi connectivity index (χ2n) is 5.96. The predicted octanol–water partition coefficient (Wildman–Crippen LogP) is 2.91. The molecule has 0 aliphatic carbocycles. The zero-order valence-corrected chi connectivity index (χ0v) is 12.4. The second-order valence-corrected chi connectivity index (χ2v) is 5.96. The Bertz CT molecular complexity index is 713. The highest BCUT2D eigenvalue weighted by atomic mass is 16.4. The van der Waals surface area contributed by atoms with Gasteiger partial charge in [0.05, 0.1) is 5.56 Å². The van der Waals surface area contributed by atoms with Gasteiger partial charge < -0.3 is 9.67 Å². The van der Waals surface area contributed by atoms with E-state index in [1.807, 2.05) is 18.5 Å². The van der Waals surface area contributed by atoms with E-state index >= 15 is 0 Å². The summed E-state index contributed by atoms with van der Waals surface area (Å²) in [6.07, 6.45) is 0. The van der Waals surface area contributed by atoms with Gasteiger partial charge in [0, 0.05) is 42.8 Å². The molecular weight excluding hydrogens is 252 g/mol. The molecule has 0 fully saturated rings. The van der Waals surface area contributed by atoms with Crippen LogP contribution in [0.3, 0.4) is 0 Å². The molecule has 1 aromatic heterocycles. The van der Waals surface area contributed by atoms with Crippen molar-refractivity contribution >= 4 is 16.9 Å². The van der Waals surface area contributed by atoms with E-state index < -0.39 is 5.97 Å². The molecule has 0 saturated heterocycles. The van der Waals surface area contributed by atoms with Gasteiger partial charge in [0.2, 0.25) is 0 Å². The first-order valence-electron chi connectivity index (χ1n) is 6.98. The van der Waals surface area contributed by atoms with Crippen LogP contribution in [0.15, 0.2) is 12.1 Å². The first kappa shape index (κ1) is 13.2. The number of carboxylic acids is 1. The fourth-order valence-corrected chi connectivity index (χ4v) is 3.12. The van der Waals surface area contributed by atoms with E-state index in [1.54, 1.807) is 0 Å². The van der Waals surface area contributed by atoms with Crippen molar-refractivity contribution in [3.05, 3.63) is 34.5 Å². The number of aryl methyl sites for hydroxylation is 1. The zero-order chi connectivity index (χ0) is 14.6. The summed E-state index contributed by atoms with van der Waals surface area (Å²) in [6.45, 7) is 8.12. The lowest BCUT2D eigenvalue weighted by Gasteiger charge is -2.18. The number of hydrogen-bond acceptors (Lipinski definition) is 2. The van der Waals surface area contributed by atoms with Crippen molar-refractivity contribution in [1.82, 2.24) is 9.47 Å². The number of nitrogens with zero attached hydrogens (tertiary/aromatic N) is 2. The Morgan fingerprint density at radius 3 is 2.40 bits per heavy atom. The van der Waals surface area contributed by atoms with Crippen LogP contribution in [-0.2, 0) is 20.1 Å². The lowest BCUT2D eigenvalue weighted by atomic mass is 10.0. The molecule has 0 amide bonds. The lowest BCUT2D eigenvalue weighted by Crippen LogP contribution is -2.24. The number of aromatic carboxylic acids is 1. The average molecular weight is 272 g/mol. The van der Waals surface area contributed by atoms with Gasteiger partial charge in [0.1, 0.15) is 0 Å². The summed E-state index contributed by atoms with van der Waals surface area (Å²) in [6, 6.07) is 4.74. The molecule has 1 aliphatic rings. The van der Waals surface area contributed by atoms with Crippen LogP contribution in [0.1, 0.15) is 41.0 Å². The fraction of sp³-hybridized carbons (Fsp3) is 0.438. The maximum absolute atomic E-state index is 11.5. The maximum Gasteiger partial charge on any atom is 0.338 e. The Morgan fingerprint density at radius 1 is 1.25 bits per heavy atom. The van der Waals surface area contributed by atoms with Crippen LogP contribution in [0, 0.1) is 6.92 Å². The summed E-state index contributed by atoms with van der Waals surface area (Å²) in [5.41, 5.74) is 4.86. The molecule has 0 atom stereocenters. The molecule has 4 nitrogen and oxygen atoms in total. The smallest absolute Gasteiger partial charge is 0.338 e. The summed E-state index contributed by atoms with van der Waals surface area (Å²) < 4.78 is 1.98. The van der Waals surface area contributed by atoms with Crippen molar-refractivity contribution in [3.63, 3.8) is 0 Å². The van der Waals surface area contributed by atoms with Crippen LogP contribution in [0.5, 0.6) is 0 Å². The summed E-state index contributed by atoms with van der Waals surface area (Å²) in [4.78, 5) is 13.9. The highest BCUT2D eigenvalue weighted by Gasteiger charge is 2.25. The number of aromatic nitrogens is 1. The Kier molecular flexibility index (Phi) is 2.87. The van der Waals surface area contributed by atoms with Gasteiger partial charge in [-0.15, -0.1) is 0 Å². The van der Waals surface area contributed by atoms with Crippen LogP contribution < -0.4 is 0 Å². The molecule has 0 bridgehead atoms. The molecular formula is C16H20N2O2. The van der Waals surface area contributed by atoms with Gasteiger partial charge in [0.25, 0.3) is 0 Å². The Balaban J connectivity index is 2.21. The van der Waals surface area contributed by atoms with Crippen molar-refractivity contribution in [1.29, 1.82) is 0 Å². The van der Waals surface area contributed by atoms with E-state index in [4.69, 9.17) is 0 Å². The lowest BCUT2D eigenvalue weighted by molar-refractivity contribution is 0.0698. The summed E-state index contributed by atoms with van der Waals surface area (Å²) >= 11 is 0. The van der Waals surface area contributed by atoms with Crippen LogP contribution in [-0.4, -0.2) is 26.6 Å². The van der Waals surface area contributed by atoms with Gasteiger partial charge in [-0.25, -0.2) is 4.79 Å². The maximum atomic E-state index is 11.5. The van der Waals surface area contributed by atoms with Gasteiger partial charge >= 0.3 is 5.97 Å². The SMILES string of the molecule is Cc1c(C(=O)O)c2cc3c(cc2n1C)CN(C(C)C)C3. The van der Waals surface area contributed by atoms with Crippen molar-refractivity contribution in [2.24, 2.45) is 7.05 Å². The highest BCUT2D eigenvalue weighted by Crippen LogP contribution is 2.32. The van der Waals surface area contributed by atoms with E-state index in [0.29, 0.717) is 11.6 Å². The van der Waals surface area contributed by atoms with Crippen molar-refractivity contribution < 1.29 is 9.90 Å². The molecule has 2 aromatic rings. The summed E-state index contributed by atoms with van der Waals surface area (Å²) in [5, 5.41) is 10.3.